The van der Waals surface area contributed by atoms with E-state index in [2.05, 4.69) is 17.6 Å². The molecule has 0 aromatic carbocycles. The van der Waals surface area contributed by atoms with E-state index >= 15 is 0 Å². The lowest BCUT2D eigenvalue weighted by Crippen LogP contribution is -2.57. The third kappa shape index (κ3) is 3.70. The molecule has 4 aliphatic carbocycles. The number of aliphatic hydroxyl groups is 2. The zero-order valence-corrected chi connectivity index (χ0v) is 19.1. The van der Waals surface area contributed by atoms with Crippen LogP contribution in [0.5, 0.6) is 0 Å². The number of amides is 2. The van der Waals surface area contributed by atoms with E-state index in [1.54, 1.807) is 0 Å². The Bertz CT molecular complexity index is 895. The van der Waals surface area contributed by atoms with Gasteiger partial charge in [-0.3, -0.25) is 9.59 Å². The van der Waals surface area contributed by atoms with Crippen LogP contribution in [-0.4, -0.2) is 45.8 Å². The molecule has 8 heteroatoms. The first kappa shape index (κ1) is 21.3. The van der Waals surface area contributed by atoms with Gasteiger partial charge in [0.25, 0.3) is 0 Å². The van der Waals surface area contributed by atoms with E-state index in [1.165, 1.54) is 11.3 Å². The number of nitrogens with zero attached hydrogens (tertiary/aromatic N) is 1. The summed E-state index contributed by atoms with van der Waals surface area (Å²) in [6.45, 7) is 4.09. The minimum atomic E-state index is -0.628. The van der Waals surface area contributed by atoms with Gasteiger partial charge in [0.05, 0.1) is 18.4 Å². The molecule has 31 heavy (non-hydrogen) atoms. The Morgan fingerprint density at radius 3 is 2.58 bits per heavy atom. The molecule has 170 valence electrons. The van der Waals surface area contributed by atoms with Crippen molar-refractivity contribution in [2.24, 2.45) is 22.7 Å². The Hall–Kier alpha value is -1.51. The van der Waals surface area contributed by atoms with E-state index in [0.29, 0.717) is 30.4 Å². The Labute approximate surface area is 187 Å². The molecular weight excluding hydrogens is 414 g/mol. The van der Waals surface area contributed by atoms with Crippen LogP contribution < -0.4 is 10.6 Å². The molecule has 0 bridgehead atoms. The van der Waals surface area contributed by atoms with E-state index in [-0.39, 0.29) is 41.6 Å². The molecule has 2 amide bonds. The Morgan fingerprint density at radius 2 is 1.94 bits per heavy atom. The van der Waals surface area contributed by atoms with Crippen LogP contribution in [0, 0.1) is 22.7 Å². The number of nitrogens with one attached hydrogen (secondary N) is 2. The Kier molecular flexibility index (Phi) is 5.18. The van der Waals surface area contributed by atoms with Crippen LogP contribution in [0.3, 0.4) is 0 Å². The van der Waals surface area contributed by atoms with Crippen LogP contribution in [0.15, 0.2) is 0 Å². The molecule has 5 atom stereocenters. The van der Waals surface area contributed by atoms with Gasteiger partial charge in [-0.05, 0) is 56.3 Å². The van der Waals surface area contributed by atoms with Crippen LogP contribution in [0.2, 0.25) is 0 Å². The molecule has 1 heterocycles. The van der Waals surface area contributed by atoms with E-state index in [0.717, 1.165) is 42.7 Å². The molecule has 4 aliphatic rings. The topological polar surface area (TPSA) is 112 Å². The number of carbonyl (C=O) groups is 2. The first-order valence-corrected chi connectivity index (χ1v) is 12.4. The summed E-state index contributed by atoms with van der Waals surface area (Å²) in [6.07, 6.45) is 5.86. The largest absolute Gasteiger partial charge is 0.396 e. The van der Waals surface area contributed by atoms with Gasteiger partial charge >= 0.3 is 0 Å². The van der Waals surface area contributed by atoms with Gasteiger partial charge in [0.2, 0.25) is 11.8 Å². The number of aliphatic hydroxyl groups excluding tert-OH is 2. The third-order valence-corrected chi connectivity index (χ3v) is 9.41. The number of fused-ring (bicyclic) bond motifs is 2. The summed E-state index contributed by atoms with van der Waals surface area (Å²) >= 11 is 1.49. The fraction of sp³-hybridized carbons (Fsp3) is 0.783. The predicted molar refractivity (Wildman–Crippen MR) is 118 cm³/mol. The highest BCUT2D eigenvalue weighted by molar-refractivity contribution is 7.15. The van der Waals surface area contributed by atoms with Crippen LogP contribution in [0.4, 0.5) is 5.13 Å². The zero-order chi connectivity index (χ0) is 22.0. The van der Waals surface area contributed by atoms with Crippen molar-refractivity contribution < 1.29 is 19.8 Å². The third-order valence-electron chi connectivity index (χ3n) is 8.40. The molecule has 3 saturated carbocycles. The standard InChI is InChI=1S/C23H33N3O4S/c1-22-8-7-17(28)23(2,11-27)16(22)10-15-19(14(22)9-18(29)24-13-5-6-13)25-21(31-15)26-20(30)12-3-4-12/h12-14,16-17,27-28H,3-11H2,1-2H3,(H,24,29)(H,25,26,30). The normalized spacial score (nSPS) is 37.0. The average Bonchev–Trinajstić information content (AvgIpc) is 3.65. The second-order valence-corrected chi connectivity index (χ2v) is 11.8. The molecule has 5 unspecified atom stereocenters. The molecule has 1 aromatic rings. The van der Waals surface area contributed by atoms with Crippen molar-refractivity contribution in [2.45, 2.75) is 83.3 Å². The van der Waals surface area contributed by atoms with Crippen molar-refractivity contribution in [1.82, 2.24) is 10.3 Å². The van der Waals surface area contributed by atoms with Crippen molar-refractivity contribution in [3.8, 4) is 0 Å². The smallest absolute Gasteiger partial charge is 0.229 e. The first-order chi connectivity index (χ1) is 14.7. The zero-order valence-electron chi connectivity index (χ0n) is 18.3. The van der Waals surface area contributed by atoms with Crippen molar-refractivity contribution in [1.29, 1.82) is 0 Å². The maximum Gasteiger partial charge on any atom is 0.229 e. The van der Waals surface area contributed by atoms with E-state index < -0.39 is 11.5 Å². The predicted octanol–water partition coefficient (Wildman–Crippen LogP) is 2.58. The number of hydrogen-bond donors (Lipinski definition) is 4. The number of anilines is 1. The van der Waals surface area contributed by atoms with Gasteiger partial charge in [-0.15, -0.1) is 11.3 Å². The summed E-state index contributed by atoms with van der Waals surface area (Å²) < 4.78 is 0. The molecule has 5 rings (SSSR count). The van der Waals surface area contributed by atoms with E-state index in [1.807, 2.05) is 6.92 Å². The maximum absolute atomic E-state index is 12.9. The summed E-state index contributed by atoms with van der Waals surface area (Å²) in [5, 5.41) is 27.8. The van der Waals surface area contributed by atoms with Gasteiger partial charge in [-0.1, -0.05) is 13.8 Å². The molecule has 0 saturated heterocycles. The van der Waals surface area contributed by atoms with Gasteiger partial charge < -0.3 is 20.8 Å². The molecule has 0 radical (unpaired) electrons. The molecule has 3 fully saturated rings. The molecule has 4 N–H and O–H groups in total. The number of rotatable bonds is 6. The Balaban J connectivity index is 1.50. The summed E-state index contributed by atoms with van der Waals surface area (Å²) in [7, 11) is 0. The minimum absolute atomic E-state index is 0.0346. The van der Waals surface area contributed by atoms with Gasteiger partial charge in [0, 0.05) is 34.6 Å². The molecule has 0 spiro atoms. The summed E-state index contributed by atoms with van der Waals surface area (Å²) in [5.41, 5.74) is 0.0470. The molecule has 1 aromatic heterocycles. The van der Waals surface area contributed by atoms with Crippen molar-refractivity contribution >= 4 is 28.3 Å². The lowest BCUT2D eigenvalue weighted by molar-refractivity contribution is -0.144. The fourth-order valence-electron chi connectivity index (χ4n) is 5.95. The van der Waals surface area contributed by atoms with Crippen molar-refractivity contribution in [3.05, 3.63) is 10.6 Å². The van der Waals surface area contributed by atoms with Gasteiger partial charge in [0.1, 0.15) is 0 Å². The second kappa shape index (κ2) is 7.52. The average molecular weight is 448 g/mol. The van der Waals surface area contributed by atoms with Crippen LogP contribution in [0.1, 0.15) is 75.3 Å². The molecule has 7 nitrogen and oxygen atoms in total. The molecular formula is C23H33N3O4S. The lowest BCUT2D eigenvalue weighted by atomic mass is 9.47. The SMILES string of the molecule is CC1(CO)C(O)CCC2(C)C(CC(=O)NC3CC3)c3nc(NC(=O)C4CC4)sc3CC12. The van der Waals surface area contributed by atoms with E-state index in [9.17, 15) is 19.8 Å². The molecule has 0 aliphatic heterocycles. The van der Waals surface area contributed by atoms with Crippen LogP contribution in [-0.2, 0) is 16.0 Å². The summed E-state index contributed by atoms with van der Waals surface area (Å²) in [6, 6.07) is 0.305. The van der Waals surface area contributed by atoms with Gasteiger partial charge in [0.15, 0.2) is 5.13 Å². The highest BCUT2D eigenvalue weighted by Gasteiger charge is 2.59. The van der Waals surface area contributed by atoms with E-state index in [4.69, 9.17) is 4.98 Å². The van der Waals surface area contributed by atoms with Crippen molar-refractivity contribution in [2.75, 3.05) is 11.9 Å². The van der Waals surface area contributed by atoms with Crippen LogP contribution >= 0.6 is 11.3 Å². The number of aromatic nitrogens is 1. The highest BCUT2D eigenvalue weighted by atomic mass is 32.1. The second-order valence-electron chi connectivity index (χ2n) is 10.7. The first-order valence-electron chi connectivity index (χ1n) is 11.6. The summed E-state index contributed by atoms with van der Waals surface area (Å²) in [4.78, 5) is 31.1. The van der Waals surface area contributed by atoms with Crippen LogP contribution in [0.25, 0.3) is 0 Å². The monoisotopic (exact) mass is 447 g/mol. The lowest BCUT2D eigenvalue weighted by Gasteiger charge is -2.58. The van der Waals surface area contributed by atoms with Gasteiger partial charge in [-0.2, -0.15) is 0 Å². The fourth-order valence-corrected chi connectivity index (χ4v) is 7.02. The Morgan fingerprint density at radius 1 is 1.19 bits per heavy atom. The minimum Gasteiger partial charge on any atom is -0.396 e. The number of carbonyl (C=O) groups excluding carboxylic acids is 2. The number of thiazole rings is 1. The highest BCUT2D eigenvalue weighted by Crippen LogP contribution is 2.62. The quantitative estimate of drug-likeness (QED) is 0.536. The summed E-state index contributed by atoms with van der Waals surface area (Å²) in [5.74, 6) is 0.129. The number of hydrogen-bond acceptors (Lipinski definition) is 6. The van der Waals surface area contributed by atoms with Crippen molar-refractivity contribution in [3.63, 3.8) is 0 Å². The maximum atomic E-state index is 12.9. The van der Waals surface area contributed by atoms with Gasteiger partial charge in [-0.25, -0.2) is 4.98 Å².